The fourth-order valence-electron chi connectivity index (χ4n) is 3.16. The number of nitrogens with zero attached hydrogens (tertiary/aromatic N) is 2. The molecule has 0 aliphatic carbocycles. The predicted molar refractivity (Wildman–Crippen MR) is 102 cm³/mol. The SMILES string of the molecule is O=C(O)COCC(=O)N=C1S[C@@H]2CS(=O)(=O)C[C@@H]2N1CCc1ccccc1. The Bertz CT molecular complexity index is 840. The van der Waals surface area contributed by atoms with Crippen molar-refractivity contribution in [3.8, 4) is 0 Å². The highest BCUT2D eigenvalue weighted by Gasteiger charge is 2.48. The molecular formula is C17H20N2O6S2. The number of amidine groups is 1. The summed E-state index contributed by atoms with van der Waals surface area (Å²) in [4.78, 5) is 28.4. The number of sulfone groups is 1. The van der Waals surface area contributed by atoms with E-state index in [0.717, 1.165) is 5.56 Å². The van der Waals surface area contributed by atoms with Gasteiger partial charge in [0.1, 0.15) is 13.2 Å². The molecule has 2 aliphatic heterocycles. The molecule has 1 aromatic rings. The van der Waals surface area contributed by atoms with Crippen molar-refractivity contribution in [2.24, 2.45) is 4.99 Å². The topological polar surface area (TPSA) is 113 Å². The lowest BCUT2D eigenvalue weighted by molar-refractivity contribution is -0.143. The van der Waals surface area contributed by atoms with Crippen LogP contribution in [0.5, 0.6) is 0 Å². The lowest BCUT2D eigenvalue weighted by atomic mass is 10.1. The van der Waals surface area contributed by atoms with E-state index >= 15 is 0 Å². The maximum absolute atomic E-state index is 12.0. The van der Waals surface area contributed by atoms with Crippen LogP contribution in [0.25, 0.3) is 0 Å². The number of carboxylic acid groups (broad SMARTS) is 1. The molecule has 1 amide bonds. The van der Waals surface area contributed by atoms with Gasteiger partial charge in [0.05, 0.1) is 17.5 Å². The molecule has 0 radical (unpaired) electrons. The van der Waals surface area contributed by atoms with Crippen molar-refractivity contribution in [3.63, 3.8) is 0 Å². The molecule has 0 saturated carbocycles. The molecule has 0 spiro atoms. The number of fused-ring (bicyclic) bond motifs is 1. The third-order valence-corrected chi connectivity index (χ3v) is 7.58. The second kappa shape index (κ2) is 8.41. The largest absolute Gasteiger partial charge is 0.480 e. The number of hydrogen-bond acceptors (Lipinski definition) is 6. The Kier molecular flexibility index (Phi) is 6.18. The molecule has 2 aliphatic rings. The first-order chi connectivity index (χ1) is 12.8. The van der Waals surface area contributed by atoms with Crippen LogP contribution in [0.1, 0.15) is 5.56 Å². The molecule has 146 valence electrons. The molecule has 8 nitrogen and oxygen atoms in total. The third-order valence-electron chi connectivity index (χ3n) is 4.33. The lowest BCUT2D eigenvalue weighted by Crippen LogP contribution is -2.39. The van der Waals surface area contributed by atoms with E-state index in [1.165, 1.54) is 11.8 Å². The Morgan fingerprint density at radius 1 is 1.22 bits per heavy atom. The van der Waals surface area contributed by atoms with Crippen molar-refractivity contribution in [1.29, 1.82) is 0 Å². The van der Waals surface area contributed by atoms with E-state index in [4.69, 9.17) is 9.84 Å². The Balaban J connectivity index is 1.70. The Morgan fingerprint density at radius 2 is 1.96 bits per heavy atom. The Morgan fingerprint density at radius 3 is 2.67 bits per heavy atom. The van der Waals surface area contributed by atoms with Gasteiger partial charge in [-0.2, -0.15) is 4.99 Å². The van der Waals surface area contributed by atoms with Gasteiger partial charge in [0.25, 0.3) is 5.91 Å². The van der Waals surface area contributed by atoms with E-state index in [1.807, 2.05) is 35.2 Å². The van der Waals surface area contributed by atoms with Crippen molar-refractivity contribution in [3.05, 3.63) is 35.9 Å². The number of thioether (sulfide) groups is 1. The van der Waals surface area contributed by atoms with Crippen molar-refractivity contribution in [1.82, 2.24) is 4.90 Å². The van der Waals surface area contributed by atoms with Crippen LogP contribution < -0.4 is 0 Å². The number of rotatable bonds is 7. The van der Waals surface area contributed by atoms with Crippen molar-refractivity contribution in [2.45, 2.75) is 17.7 Å². The molecule has 2 fully saturated rings. The normalized spacial score (nSPS) is 24.9. The first-order valence-electron chi connectivity index (χ1n) is 8.43. The highest BCUT2D eigenvalue weighted by molar-refractivity contribution is 8.15. The summed E-state index contributed by atoms with van der Waals surface area (Å²) in [6.45, 7) is -0.433. The zero-order valence-corrected chi connectivity index (χ0v) is 16.1. The van der Waals surface area contributed by atoms with E-state index in [-0.39, 0.29) is 22.8 Å². The van der Waals surface area contributed by atoms with E-state index in [2.05, 4.69) is 4.99 Å². The van der Waals surface area contributed by atoms with Gasteiger partial charge >= 0.3 is 5.97 Å². The number of carbonyl (C=O) groups is 2. The monoisotopic (exact) mass is 412 g/mol. The summed E-state index contributed by atoms with van der Waals surface area (Å²) >= 11 is 1.30. The van der Waals surface area contributed by atoms with Gasteiger partial charge in [-0.3, -0.25) is 4.79 Å². The maximum Gasteiger partial charge on any atom is 0.329 e. The number of ether oxygens (including phenoxy) is 1. The van der Waals surface area contributed by atoms with Crippen LogP contribution in [0.4, 0.5) is 0 Å². The van der Waals surface area contributed by atoms with Gasteiger partial charge < -0.3 is 14.7 Å². The van der Waals surface area contributed by atoms with Gasteiger partial charge in [0, 0.05) is 11.8 Å². The fourth-order valence-corrected chi connectivity index (χ4v) is 7.15. The molecule has 0 unspecified atom stereocenters. The van der Waals surface area contributed by atoms with E-state index < -0.39 is 34.9 Å². The number of aliphatic carboxylic acids is 1. The average molecular weight is 412 g/mol. The van der Waals surface area contributed by atoms with Crippen LogP contribution in [0.15, 0.2) is 35.3 Å². The van der Waals surface area contributed by atoms with Crippen LogP contribution >= 0.6 is 11.8 Å². The van der Waals surface area contributed by atoms with E-state index in [1.54, 1.807) is 0 Å². The minimum atomic E-state index is -3.09. The third kappa shape index (κ3) is 5.30. The quantitative estimate of drug-likeness (QED) is 0.686. The Labute approximate surface area is 161 Å². The van der Waals surface area contributed by atoms with E-state index in [9.17, 15) is 18.0 Å². The number of aliphatic imine (C=N–C) groups is 1. The average Bonchev–Trinajstić information content (AvgIpc) is 3.04. The molecule has 2 saturated heterocycles. The van der Waals surface area contributed by atoms with Gasteiger partial charge in [-0.05, 0) is 12.0 Å². The summed E-state index contributed by atoms with van der Waals surface area (Å²) in [6, 6.07) is 9.60. The molecule has 2 heterocycles. The molecule has 0 bridgehead atoms. The molecule has 0 aromatic heterocycles. The van der Waals surface area contributed by atoms with Crippen LogP contribution in [-0.4, -0.2) is 78.0 Å². The predicted octanol–water partition coefficient (Wildman–Crippen LogP) is 0.427. The molecule has 27 heavy (non-hydrogen) atoms. The van der Waals surface area contributed by atoms with Crippen molar-refractivity contribution < 1.29 is 27.9 Å². The molecule has 1 aromatic carbocycles. The first kappa shape index (κ1) is 19.8. The number of carbonyl (C=O) groups excluding carboxylic acids is 1. The van der Waals surface area contributed by atoms with Crippen LogP contribution in [0.3, 0.4) is 0 Å². The first-order valence-corrected chi connectivity index (χ1v) is 11.1. The van der Waals surface area contributed by atoms with Gasteiger partial charge in [0.2, 0.25) is 0 Å². The Hall–Kier alpha value is -1.91. The zero-order valence-electron chi connectivity index (χ0n) is 14.5. The summed E-state index contributed by atoms with van der Waals surface area (Å²) in [7, 11) is -3.09. The van der Waals surface area contributed by atoms with Crippen LogP contribution in [0, 0.1) is 0 Å². The highest BCUT2D eigenvalue weighted by Crippen LogP contribution is 2.38. The molecule has 2 atom stereocenters. The van der Waals surface area contributed by atoms with Crippen LogP contribution in [0.2, 0.25) is 0 Å². The number of hydrogen-bond donors (Lipinski definition) is 1. The van der Waals surface area contributed by atoms with Crippen molar-refractivity contribution in [2.75, 3.05) is 31.3 Å². The number of carboxylic acids is 1. The minimum Gasteiger partial charge on any atom is -0.480 e. The van der Waals surface area contributed by atoms with Crippen molar-refractivity contribution >= 4 is 38.6 Å². The number of amides is 1. The van der Waals surface area contributed by atoms with Gasteiger partial charge in [-0.1, -0.05) is 42.1 Å². The molecular weight excluding hydrogens is 392 g/mol. The maximum atomic E-state index is 12.0. The fraction of sp³-hybridized carbons (Fsp3) is 0.471. The van der Waals surface area contributed by atoms with Gasteiger partial charge in [-0.25, -0.2) is 13.2 Å². The minimum absolute atomic E-state index is 0.0577. The molecule has 1 N–H and O–H groups in total. The summed E-state index contributed by atoms with van der Waals surface area (Å²) in [5.74, 6) is -1.60. The highest BCUT2D eigenvalue weighted by atomic mass is 32.2. The second-order valence-corrected chi connectivity index (χ2v) is 9.76. The molecule has 3 rings (SSSR count). The van der Waals surface area contributed by atoms with E-state index in [0.29, 0.717) is 18.1 Å². The summed E-state index contributed by atoms with van der Waals surface area (Å²) in [5.41, 5.74) is 1.11. The second-order valence-electron chi connectivity index (χ2n) is 6.40. The zero-order chi connectivity index (χ0) is 19.4. The van der Waals surface area contributed by atoms with Gasteiger partial charge in [-0.15, -0.1) is 0 Å². The standard InChI is InChI=1S/C17H20N2O6S2/c20-15(8-25-9-16(21)22)18-17-19(7-6-12-4-2-1-3-5-12)13-10-27(23,24)11-14(13)26-17/h1-5,13-14H,6-11H2,(H,21,22)/t13-,14+/m0/s1. The van der Waals surface area contributed by atoms with Crippen LogP contribution in [-0.2, 0) is 30.6 Å². The van der Waals surface area contributed by atoms with Gasteiger partial charge in [0.15, 0.2) is 15.0 Å². The summed E-state index contributed by atoms with van der Waals surface area (Å²) in [6.07, 6.45) is 0.702. The number of benzene rings is 1. The molecule has 10 heteroatoms. The lowest BCUT2D eigenvalue weighted by Gasteiger charge is -2.24. The summed E-state index contributed by atoms with van der Waals surface area (Å²) in [5, 5.41) is 8.89. The smallest absolute Gasteiger partial charge is 0.329 e. The summed E-state index contributed by atoms with van der Waals surface area (Å²) < 4.78 is 28.7.